The fourth-order valence-corrected chi connectivity index (χ4v) is 2.19. The van der Waals surface area contributed by atoms with Gasteiger partial charge in [0, 0.05) is 13.0 Å². The van der Waals surface area contributed by atoms with Crippen LogP contribution in [-0.2, 0) is 17.9 Å². The molecule has 3 nitrogen and oxygen atoms in total. The number of amides is 1. The summed E-state index contributed by atoms with van der Waals surface area (Å²) in [6, 6.07) is 7.66. The normalized spacial score (nSPS) is 10.5. The molecule has 0 saturated carbocycles. The van der Waals surface area contributed by atoms with Crippen molar-refractivity contribution in [3.8, 4) is 0 Å². The summed E-state index contributed by atoms with van der Waals surface area (Å²) < 4.78 is 0. The first-order valence-corrected chi connectivity index (χ1v) is 7.71. The highest BCUT2D eigenvalue weighted by atomic mass is 16.3. The summed E-state index contributed by atoms with van der Waals surface area (Å²) in [5.74, 6) is 0.120. The Kier molecular flexibility index (Phi) is 8.72. The molecule has 1 aromatic carbocycles. The Morgan fingerprint density at radius 3 is 2.55 bits per heavy atom. The zero-order chi connectivity index (χ0) is 14.6. The van der Waals surface area contributed by atoms with Crippen molar-refractivity contribution < 1.29 is 9.90 Å². The maximum atomic E-state index is 11.7. The minimum absolute atomic E-state index is 0.0412. The number of benzene rings is 1. The van der Waals surface area contributed by atoms with E-state index in [0.717, 1.165) is 24.0 Å². The first-order valence-electron chi connectivity index (χ1n) is 7.71. The van der Waals surface area contributed by atoms with E-state index in [-0.39, 0.29) is 12.5 Å². The minimum atomic E-state index is 0.0412. The molecule has 2 N–H and O–H groups in total. The van der Waals surface area contributed by atoms with Gasteiger partial charge in [0.2, 0.25) is 5.91 Å². The van der Waals surface area contributed by atoms with Crippen LogP contribution in [0.3, 0.4) is 0 Å². The van der Waals surface area contributed by atoms with Crippen molar-refractivity contribution in [2.45, 2.75) is 65.0 Å². The Balaban J connectivity index is 2.13. The number of hydrogen-bond donors (Lipinski definition) is 2. The zero-order valence-corrected chi connectivity index (χ0v) is 12.5. The first-order chi connectivity index (χ1) is 9.76. The van der Waals surface area contributed by atoms with E-state index in [1.807, 2.05) is 24.3 Å². The van der Waals surface area contributed by atoms with Crippen LogP contribution in [0.5, 0.6) is 0 Å². The maximum absolute atomic E-state index is 11.7. The Bertz CT molecular complexity index is 390. The summed E-state index contributed by atoms with van der Waals surface area (Å²) >= 11 is 0. The number of aliphatic hydroxyl groups is 1. The van der Waals surface area contributed by atoms with Crippen molar-refractivity contribution in [2.24, 2.45) is 0 Å². The number of aliphatic hydroxyl groups excluding tert-OH is 1. The number of rotatable bonds is 10. The molecule has 0 bridgehead atoms. The van der Waals surface area contributed by atoms with Crippen molar-refractivity contribution in [1.29, 1.82) is 0 Å². The lowest BCUT2D eigenvalue weighted by atomic mass is 10.1. The van der Waals surface area contributed by atoms with E-state index in [1.54, 1.807) is 0 Å². The van der Waals surface area contributed by atoms with Crippen LogP contribution in [0.25, 0.3) is 0 Å². The quantitative estimate of drug-likeness (QED) is 0.643. The molecule has 1 amide bonds. The fraction of sp³-hybridized carbons (Fsp3) is 0.588. The average molecular weight is 277 g/mol. The molecule has 0 fully saturated rings. The molecule has 0 spiro atoms. The molecule has 0 aliphatic rings. The molecule has 0 heterocycles. The molecule has 0 atom stereocenters. The van der Waals surface area contributed by atoms with Crippen LogP contribution < -0.4 is 5.32 Å². The van der Waals surface area contributed by atoms with Crippen molar-refractivity contribution >= 4 is 5.91 Å². The van der Waals surface area contributed by atoms with Gasteiger partial charge in [-0.1, -0.05) is 63.3 Å². The van der Waals surface area contributed by atoms with E-state index in [1.165, 1.54) is 25.7 Å². The smallest absolute Gasteiger partial charge is 0.220 e. The molecule has 1 rings (SSSR count). The summed E-state index contributed by atoms with van der Waals surface area (Å²) in [5.41, 5.74) is 1.92. The van der Waals surface area contributed by atoms with Gasteiger partial charge in [-0.15, -0.1) is 0 Å². The van der Waals surface area contributed by atoms with Gasteiger partial charge in [-0.25, -0.2) is 0 Å². The highest BCUT2D eigenvalue weighted by Crippen LogP contribution is 2.08. The Morgan fingerprint density at radius 1 is 1.10 bits per heavy atom. The molecular formula is C17H27NO2. The van der Waals surface area contributed by atoms with Crippen molar-refractivity contribution in [2.75, 3.05) is 0 Å². The highest BCUT2D eigenvalue weighted by molar-refractivity contribution is 5.75. The third-order valence-corrected chi connectivity index (χ3v) is 3.42. The number of nitrogens with one attached hydrogen (secondary N) is 1. The summed E-state index contributed by atoms with van der Waals surface area (Å²) in [6.07, 6.45) is 7.82. The predicted octanol–water partition coefficient (Wildman–Crippen LogP) is 3.55. The van der Waals surface area contributed by atoms with Crippen LogP contribution in [0, 0.1) is 0 Å². The monoisotopic (exact) mass is 277 g/mol. The van der Waals surface area contributed by atoms with Gasteiger partial charge in [-0.2, -0.15) is 0 Å². The van der Waals surface area contributed by atoms with E-state index < -0.39 is 0 Å². The van der Waals surface area contributed by atoms with Crippen molar-refractivity contribution in [1.82, 2.24) is 5.32 Å². The fourth-order valence-electron chi connectivity index (χ4n) is 2.19. The second-order valence-corrected chi connectivity index (χ2v) is 5.27. The van der Waals surface area contributed by atoms with E-state index in [9.17, 15) is 4.79 Å². The van der Waals surface area contributed by atoms with E-state index in [2.05, 4.69) is 12.2 Å². The lowest BCUT2D eigenvalue weighted by Crippen LogP contribution is -2.22. The van der Waals surface area contributed by atoms with Gasteiger partial charge in [0.25, 0.3) is 0 Å². The van der Waals surface area contributed by atoms with Gasteiger partial charge in [0.05, 0.1) is 6.61 Å². The molecule has 0 saturated heterocycles. The topological polar surface area (TPSA) is 49.3 Å². The molecule has 3 heteroatoms. The molecule has 1 aromatic rings. The largest absolute Gasteiger partial charge is 0.392 e. The molecule has 0 aliphatic carbocycles. The number of carbonyl (C=O) groups is 1. The van der Waals surface area contributed by atoms with Crippen molar-refractivity contribution in [3.63, 3.8) is 0 Å². The van der Waals surface area contributed by atoms with Crippen LogP contribution in [0.4, 0.5) is 0 Å². The van der Waals surface area contributed by atoms with Gasteiger partial charge in [0.15, 0.2) is 0 Å². The lowest BCUT2D eigenvalue weighted by Gasteiger charge is -2.06. The molecule has 0 aromatic heterocycles. The van der Waals surface area contributed by atoms with Crippen LogP contribution in [0.2, 0.25) is 0 Å². The number of carbonyl (C=O) groups excluding carboxylic acids is 1. The van der Waals surface area contributed by atoms with Crippen LogP contribution in [0.15, 0.2) is 24.3 Å². The second kappa shape index (κ2) is 10.4. The minimum Gasteiger partial charge on any atom is -0.392 e. The van der Waals surface area contributed by atoms with E-state index in [4.69, 9.17) is 5.11 Å². The van der Waals surface area contributed by atoms with Crippen LogP contribution in [0.1, 0.15) is 63.0 Å². The van der Waals surface area contributed by atoms with Gasteiger partial charge in [-0.3, -0.25) is 4.79 Å². The molecule has 112 valence electrons. The summed E-state index contributed by atoms with van der Waals surface area (Å²) in [7, 11) is 0. The molecular weight excluding hydrogens is 250 g/mol. The first kappa shape index (κ1) is 16.7. The Morgan fingerprint density at radius 2 is 1.80 bits per heavy atom. The third kappa shape index (κ3) is 7.29. The Labute approximate surface area is 122 Å². The van der Waals surface area contributed by atoms with Gasteiger partial charge in [0.1, 0.15) is 0 Å². The number of unbranched alkanes of at least 4 members (excludes halogenated alkanes) is 5. The van der Waals surface area contributed by atoms with Crippen LogP contribution >= 0.6 is 0 Å². The maximum Gasteiger partial charge on any atom is 0.220 e. The van der Waals surface area contributed by atoms with Gasteiger partial charge < -0.3 is 10.4 Å². The Hall–Kier alpha value is -1.35. The second-order valence-electron chi connectivity index (χ2n) is 5.27. The van der Waals surface area contributed by atoms with Crippen LogP contribution in [-0.4, -0.2) is 11.0 Å². The zero-order valence-electron chi connectivity index (χ0n) is 12.5. The SMILES string of the molecule is CCCCCCCCC(=O)NCc1cccc(CO)c1. The van der Waals surface area contributed by atoms with E-state index in [0.29, 0.717) is 13.0 Å². The lowest BCUT2D eigenvalue weighted by molar-refractivity contribution is -0.121. The summed E-state index contributed by atoms with van der Waals surface area (Å²) in [4.78, 5) is 11.7. The highest BCUT2D eigenvalue weighted by Gasteiger charge is 2.02. The summed E-state index contributed by atoms with van der Waals surface area (Å²) in [5, 5.41) is 12.0. The average Bonchev–Trinajstić information content (AvgIpc) is 2.49. The summed E-state index contributed by atoms with van der Waals surface area (Å²) in [6.45, 7) is 2.79. The molecule has 0 unspecified atom stereocenters. The van der Waals surface area contributed by atoms with E-state index >= 15 is 0 Å². The molecule has 0 aliphatic heterocycles. The molecule has 0 radical (unpaired) electrons. The van der Waals surface area contributed by atoms with Gasteiger partial charge in [-0.05, 0) is 17.5 Å². The standard InChI is InChI=1S/C17H27NO2/c1-2-3-4-5-6-7-11-17(20)18-13-15-9-8-10-16(12-15)14-19/h8-10,12,19H,2-7,11,13-14H2,1H3,(H,18,20). The molecule has 20 heavy (non-hydrogen) atoms. The predicted molar refractivity (Wildman–Crippen MR) is 82.2 cm³/mol. The number of hydrogen-bond acceptors (Lipinski definition) is 2. The third-order valence-electron chi connectivity index (χ3n) is 3.42. The van der Waals surface area contributed by atoms with Gasteiger partial charge >= 0.3 is 0 Å². The van der Waals surface area contributed by atoms with Crippen molar-refractivity contribution in [3.05, 3.63) is 35.4 Å².